The van der Waals surface area contributed by atoms with Gasteiger partial charge in [0.2, 0.25) is 5.88 Å². The Kier molecular flexibility index (Phi) is 3.88. The Morgan fingerprint density at radius 3 is 2.63 bits per heavy atom. The van der Waals surface area contributed by atoms with Crippen molar-refractivity contribution in [3.8, 4) is 5.88 Å². The number of ether oxygens (including phenoxy) is 1. The normalized spacial score (nSPS) is 23.4. The predicted octanol–water partition coefficient (Wildman–Crippen LogP) is 3.44. The number of nitrogen functional groups attached to an aromatic ring is 1. The molecule has 4 heteroatoms. The van der Waals surface area contributed by atoms with Crippen LogP contribution in [-0.4, -0.2) is 16.6 Å². The molecule has 4 nitrogen and oxygen atoms in total. The zero-order valence-corrected chi connectivity index (χ0v) is 12.4. The van der Waals surface area contributed by atoms with Crippen molar-refractivity contribution in [2.24, 2.45) is 5.92 Å². The molecule has 1 aliphatic carbocycles. The van der Waals surface area contributed by atoms with Gasteiger partial charge in [0.1, 0.15) is 11.4 Å². The minimum Gasteiger partial charge on any atom is -0.470 e. The zero-order valence-electron chi connectivity index (χ0n) is 12.4. The van der Waals surface area contributed by atoms with Gasteiger partial charge < -0.3 is 15.8 Å². The molecule has 1 saturated carbocycles. The highest BCUT2D eigenvalue weighted by atomic mass is 16.5. The van der Waals surface area contributed by atoms with Crippen LogP contribution in [0.3, 0.4) is 0 Å². The second kappa shape index (κ2) is 5.27. The molecular weight excluding hydrogens is 238 g/mol. The second-order valence-electron chi connectivity index (χ2n) is 6.46. The lowest BCUT2D eigenvalue weighted by Gasteiger charge is -2.23. The van der Waals surface area contributed by atoms with E-state index in [9.17, 15) is 0 Å². The first-order chi connectivity index (χ1) is 8.85. The van der Waals surface area contributed by atoms with Gasteiger partial charge in [-0.05, 0) is 51.7 Å². The molecule has 106 valence electrons. The van der Waals surface area contributed by atoms with E-state index in [0.717, 1.165) is 5.82 Å². The third-order valence-electron chi connectivity index (χ3n) is 3.49. The quantitative estimate of drug-likeness (QED) is 0.877. The molecule has 0 aromatic carbocycles. The van der Waals surface area contributed by atoms with E-state index in [0.29, 0.717) is 23.5 Å². The molecule has 2 unspecified atom stereocenters. The van der Waals surface area contributed by atoms with E-state index in [-0.39, 0.29) is 5.60 Å². The number of nitrogens with one attached hydrogen (secondary N) is 1. The van der Waals surface area contributed by atoms with Gasteiger partial charge in [0.15, 0.2) is 0 Å². The minimum atomic E-state index is -0.291. The summed E-state index contributed by atoms with van der Waals surface area (Å²) in [5.74, 6) is 2.07. The Balaban J connectivity index is 2.11. The highest BCUT2D eigenvalue weighted by molar-refractivity contribution is 5.54. The third-order valence-corrected chi connectivity index (χ3v) is 3.49. The van der Waals surface area contributed by atoms with E-state index in [1.807, 2.05) is 32.9 Å². The standard InChI is InChI=1S/C15H25N3O/c1-10-6-5-7-12(10)17-13-9-8-11(16)14(18-13)19-15(2,3)4/h8-10,12H,5-7,16H2,1-4H3,(H,17,18). The highest BCUT2D eigenvalue weighted by Gasteiger charge is 2.24. The van der Waals surface area contributed by atoms with Crippen LogP contribution < -0.4 is 15.8 Å². The van der Waals surface area contributed by atoms with Crippen LogP contribution >= 0.6 is 0 Å². The number of anilines is 2. The van der Waals surface area contributed by atoms with Crippen LogP contribution in [0, 0.1) is 5.92 Å². The molecule has 0 radical (unpaired) electrons. The highest BCUT2D eigenvalue weighted by Crippen LogP contribution is 2.30. The number of hydrogen-bond acceptors (Lipinski definition) is 4. The predicted molar refractivity (Wildman–Crippen MR) is 79.5 cm³/mol. The van der Waals surface area contributed by atoms with Crippen molar-refractivity contribution in [3.63, 3.8) is 0 Å². The van der Waals surface area contributed by atoms with Crippen molar-refractivity contribution in [1.29, 1.82) is 0 Å². The molecule has 2 rings (SSSR count). The number of nitrogens with two attached hydrogens (primary N) is 1. The van der Waals surface area contributed by atoms with Gasteiger partial charge in [-0.2, -0.15) is 4.98 Å². The number of nitrogens with zero attached hydrogens (tertiary/aromatic N) is 1. The fourth-order valence-electron chi connectivity index (χ4n) is 2.45. The Hall–Kier alpha value is -1.45. The summed E-state index contributed by atoms with van der Waals surface area (Å²) >= 11 is 0. The molecule has 1 aliphatic rings. The van der Waals surface area contributed by atoms with Gasteiger partial charge in [0, 0.05) is 6.04 Å². The van der Waals surface area contributed by atoms with E-state index in [1.165, 1.54) is 19.3 Å². The lowest BCUT2D eigenvalue weighted by Crippen LogP contribution is -2.25. The van der Waals surface area contributed by atoms with Crippen molar-refractivity contribution in [1.82, 2.24) is 4.98 Å². The largest absolute Gasteiger partial charge is 0.470 e. The van der Waals surface area contributed by atoms with Crippen molar-refractivity contribution in [2.75, 3.05) is 11.1 Å². The van der Waals surface area contributed by atoms with Crippen LogP contribution in [0.5, 0.6) is 5.88 Å². The van der Waals surface area contributed by atoms with Crippen LogP contribution in [0.25, 0.3) is 0 Å². The fraction of sp³-hybridized carbons (Fsp3) is 0.667. The summed E-state index contributed by atoms with van der Waals surface area (Å²) in [4.78, 5) is 4.50. The minimum absolute atomic E-state index is 0.291. The van der Waals surface area contributed by atoms with E-state index in [1.54, 1.807) is 0 Å². The summed E-state index contributed by atoms with van der Waals surface area (Å²) in [7, 11) is 0. The summed E-state index contributed by atoms with van der Waals surface area (Å²) in [6.07, 6.45) is 3.79. The molecule has 2 atom stereocenters. The van der Waals surface area contributed by atoms with Crippen LogP contribution in [-0.2, 0) is 0 Å². The maximum atomic E-state index is 5.92. The van der Waals surface area contributed by atoms with Crippen LogP contribution in [0.2, 0.25) is 0 Å². The van der Waals surface area contributed by atoms with Crippen molar-refractivity contribution >= 4 is 11.5 Å². The molecule has 1 aromatic heterocycles. The second-order valence-corrected chi connectivity index (χ2v) is 6.46. The summed E-state index contributed by atoms with van der Waals surface area (Å²) in [5.41, 5.74) is 6.21. The van der Waals surface area contributed by atoms with Crippen molar-refractivity contribution in [2.45, 2.75) is 58.6 Å². The zero-order chi connectivity index (χ0) is 14.0. The molecule has 0 spiro atoms. The lowest BCUT2D eigenvalue weighted by atomic mass is 10.1. The summed E-state index contributed by atoms with van der Waals surface area (Å²) in [6.45, 7) is 8.27. The van der Waals surface area contributed by atoms with Crippen molar-refractivity contribution in [3.05, 3.63) is 12.1 Å². The van der Waals surface area contributed by atoms with E-state index >= 15 is 0 Å². The van der Waals surface area contributed by atoms with E-state index < -0.39 is 0 Å². The topological polar surface area (TPSA) is 60.2 Å². The first-order valence-electron chi connectivity index (χ1n) is 7.07. The maximum absolute atomic E-state index is 5.92. The van der Waals surface area contributed by atoms with Gasteiger partial charge in [0.25, 0.3) is 0 Å². The number of pyridine rings is 1. The third kappa shape index (κ3) is 3.75. The average Bonchev–Trinajstić information content (AvgIpc) is 2.67. The van der Waals surface area contributed by atoms with Gasteiger partial charge in [-0.1, -0.05) is 13.3 Å². The van der Waals surface area contributed by atoms with Gasteiger partial charge in [0.05, 0.1) is 5.69 Å². The molecule has 0 amide bonds. The van der Waals surface area contributed by atoms with Crippen molar-refractivity contribution < 1.29 is 4.74 Å². The molecule has 3 N–H and O–H groups in total. The Morgan fingerprint density at radius 1 is 1.32 bits per heavy atom. The number of rotatable bonds is 3. The maximum Gasteiger partial charge on any atom is 0.239 e. The van der Waals surface area contributed by atoms with Crippen LogP contribution in [0.4, 0.5) is 11.5 Å². The lowest BCUT2D eigenvalue weighted by molar-refractivity contribution is 0.125. The SMILES string of the molecule is CC1CCCC1Nc1ccc(N)c(OC(C)(C)C)n1. The summed E-state index contributed by atoms with van der Waals surface area (Å²) in [5, 5.41) is 3.50. The fourth-order valence-corrected chi connectivity index (χ4v) is 2.45. The molecule has 1 aromatic rings. The first kappa shape index (κ1) is 14.0. The Morgan fingerprint density at radius 2 is 2.05 bits per heavy atom. The monoisotopic (exact) mass is 263 g/mol. The van der Waals surface area contributed by atoms with Gasteiger partial charge in [-0.3, -0.25) is 0 Å². The van der Waals surface area contributed by atoms with Crippen LogP contribution in [0.1, 0.15) is 47.0 Å². The first-order valence-corrected chi connectivity index (χ1v) is 7.07. The average molecular weight is 263 g/mol. The van der Waals surface area contributed by atoms with E-state index in [2.05, 4.69) is 17.2 Å². The number of hydrogen-bond donors (Lipinski definition) is 2. The molecule has 0 saturated heterocycles. The van der Waals surface area contributed by atoms with E-state index in [4.69, 9.17) is 10.5 Å². The van der Waals surface area contributed by atoms with Gasteiger partial charge in [-0.25, -0.2) is 0 Å². The number of aromatic nitrogens is 1. The van der Waals surface area contributed by atoms with Gasteiger partial charge >= 0.3 is 0 Å². The molecular formula is C15H25N3O. The Bertz CT molecular complexity index is 440. The molecule has 1 fully saturated rings. The molecule has 1 heterocycles. The van der Waals surface area contributed by atoms with Crippen LogP contribution in [0.15, 0.2) is 12.1 Å². The smallest absolute Gasteiger partial charge is 0.239 e. The molecule has 0 bridgehead atoms. The summed E-state index contributed by atoms with van der Waals surface area (Å²) < 4.78 is 5.79. The van der Waals surface area contributed by atoms with Gasteiger partial charge in [-0.15, -0.1) is 0 Å². The molecule has 19 heavy (non-hydrogen) atoms. The molecule has 0 aliphatic heterocycles. The summed E-state index contributed by atoms with van der Waals surface area (Å²) in [6, 6.07) is 4.30. The Labute approximate surface area is 115 Å².